The van der Waals surface area contributed by atoms with E-state index in [1.165, 1.54) is 7.05 Å². The van der Waals surface area contributed by atoms with Gasteiger partial charge in [-0.1, -0.05) is 22.0 Å². The highest BCUT2D eigenvalue weighted by Gasteiger charge is 2.12. The molecule has 1 aromatic carbocycles. The molecule has 0 fully saturated rings. The highest BCUT2D eigenvalue weighted by Crippen LogP contribution is 2.24. The fraction of sp³-hybridized carbons (Fsp3) is 0.176. The SMILES string of the molecule is CNC(=O)/C(C#N)=C/c1cc(C)n(-c2cccc(Br)c2)c1C. The van der Waals surface area contributed by atoms with E-state index in [-0.39, 0.29) is 11.5 Å². The maximum Gasteiger partial charge on any atom is 0.261 e. The second-order valence-electron chi connectivity index (χ2n) is 4.89. The number of amides is 1. The van der Waals surface area contributed by atoms with Crippen LogP contribution < -0.4 is 5.32 Å². The number of aryl methyl sites for hydroxylation is 1. The summed E-state index contributed by atoms with van der Waals surface area (Å²) >= 11 is 3.47. The predicted molar refractivity (Wildman–Crippen MR) is 90.6 cm³/mol. The number of benzene rings is 1. The van der Waals surface area contributed by atoms with Crippen molar-refractivity contribution < 1.29 is 4.79 Å². The van der Waals surface area contributed by atoms with Crippen molar-refractivity contribution >= 4 is 27.9 Å². The first-order valence-electron chi connectivity index (χ1n) is 6.76. The monoisotopic (exact) mass is 357 g/mol. The Kier molecular flexibility index (Phi) is 4.84. The first-order valence-corrected chi connectivity index (χ1v) is 7.56. The van der Waals surface area contributed by atoms with E-state index in [4.69, 9.17) is 5.26 Å². The van der Waals surface area contributed by atoms with E-state index < -0.39 is 0 Å². The van der Waals surface area contributed by atoms with Crippen LogP contribution in [-0.4, -0.2) is 17.5 Å². The third-order valence-electron chi connectivity index (χ3n) is 3.43. The summed E-state index contributed by atoms with van der Waals surface area (Å²) in [6.07, 6.45) is 1.62. The second-order valence-corrected chi connectivity index (χ2v) is 5.81. The van der Waals surface area contributed by atoms with Crippen LogP contribution in [-0.2, 0) is 4.79 Å². The molecule has 4 nitrogen and oxygen atoms in total. The summed E-state index contributed by atoms with van der Waals surface area (Å²) in [5.74, 6) is -0.380. The van der Waals surface area contributed by atoms with Crippen molar-refractivity contribution in [3.63, 3.8) is 0 Å². The number of nitrogens with one attached hydrogen (secondary N) is 1. The van der Waals surface area contributed by atoms with Crippen molar-refractivity contribution in [2.75, 3.05) is 7.05 Å². The molecular weight excluding hydrogens is 342 g/mol. The Labute approximate surface area is 138 Å². The molecule has 0 radical (unpaired) electrons. The highest BCUT2D eigenvalue weighted by atomic mass is 79.9. The quantitative estimate of drug-likeness (QED) is 0.674. The molecule has 0 bridgehead atoms. The average Bonchev–Trinajstić information content (AvgIpc) is 2.78. The number of aromatic nitrogens is 1. The zero-order valence-electron chi connectivity index (χ0n) is 12.6. The summed E-state index contributed by atoms with van der Waals surface area (Å²) in [5, 5.41) is 11.6. The van der Waals surface area contributed by atoms with Gasteiger partial charge >= 0.3 is 0 Å². The molecule has 0 atom stereocenters. The minimum absolute atomic E-state index is 0.0944. The van der Waals surface area contributed by atoms with Gasteiger partial charge in [0, 0.05) is 28.6 Å². The van der Waals surface area contributed by atoms with E-state index >= 15 is 0 Å². The minimum Gasteiger partial charge on any atom is -0.354 e. The van der Waals surface area contributed by atoms with Gasteiger partial charge < -0.3 is 9.88 Å². The van der Waals surface area contributed by atoms with Crippen molar-refractivity contribution in [2.24, 2.45) is 0 Å². The van der Waals surface area contributed by atoms with E-state index in [1.807, 2.05) is 50.2 Å². The number of carbonyl (C=O) groups excluding carboxylic acids is 1. The Hall–Kier alpha value is -2.32. The number of likely N-dealkylation sites (N-methyl/N-ethyl adjacent to an activating group) is 1. The first kappa shape index (κ1) is 16.1. The van der Waals surface area contributed by atoms with Crippen LogP contribution in [0, 0.1) is 25.2 Å². The van der Waals surface area contributed by atoms with Crippen LogP contribution >= 0.6 is 15.9 Å². The largest absolute Gasteiger partial charge is 0.354 e. The van der Waals surface area contributed by atoms with Gasteiger partial charge in [-0.25, -0.2) is 0 Å². The third kappa shape index (κ3) is 3.12. The molecule has 1 aromatic heterocycles. The average molecular weight is 358 g/mol. The zero-order valence-corrected chi connectivity index (χ0v) is 14.2. The molecule has 0 saturated carbocycles. The van der Waals surface area contributed by atoms with Crippen LogP contribution in [0.2, 0.25) is 0 Å². The van der Waals surface area contributed by atoms with E-state index in [0.717, 1.165) is 27.1 Å². The van der Waals surface area contributed by atoms with Crippen LogP contribution in [0.4, 0.5) is 0 Å². The van der Waals surface area contributed by atoms with E-state index in [0.29, 0.717) is 0 Å². The summed E-state index contributed by atoms with van der Waals surface area (Å²) in [6.45, 7) is 3.97. The summed E-state index contributed by atoms with van der Waals surface area (Å²) in [6, 6.07) is 11.9. The Morgan fingerprint density at radius 1 is 1.36 bits per heavy atom. The van der Waals surface area contributed by atoms with E-state index in [1.54, 1.807) is 6.08 Å². The smallest absolute Gasteiger partial charge is 0.261 e. The van der Waals surface area contributed by atoms with Crippen molar-refractivity contribution in [1.29, 1.82) is 5.26 Å². The van der Waals surface area contributed by atoms with Gasteiger partial charge in [-0.2, -0.15) is 5.26 Å². The van der Waals surface area contributed by atoms with Crippen LogP contribution in [0.3, 0.4) is 0 Å². The molecule has 1 N–H and O–H groups in total. The van der Waals surface area contributed by atoms with Gasteiger partial charge in [0.2, 0.25) is 0 Å². The van der Waals surface area contributed by atoms with Crippen LogP contribution in [0.25, 0.3) is 11.8 Å². The highest BCUT2D eigenvalue weighted by molar-refractivity contribution is 9.10. The zero-order chi connectivity index (χ0) is 16.3. The van der Waals surface area contributed by atoms with Crippen molar-refractivity contribution in [1.82, 2.24) is 9.88 Å². The molecule has 5 heteroatoms. The number of hydrogen-bond donors (Lipinski definition) is 1. The Morgan fingerprint density at radius 3 is 2.68 bits per heavy atom. The number of halogens is 1. The van der Waals surface area contributed by atoms with Crippen molar-refractivity contribution in [2.45, 2.75) is 13.8 Å². The van der Waals surface area contributed by atoms with Crippen LogP contribution in [0.15, 0.2) is 40.4 Å². The van der Waals surface area contributed by atoms with Crippen LogP contribution in [0.1, 0.15) is 17.0 Å². The molecule has 1 heterocycles. The van der Waals surface area contributed by atoms with Gasteiger partial charge in [-0.3, -0.25) is 4.79 Å². The number of nitrogens with zero attached hydrogens (tertiary/aromatic N) is 2. The predicted octanol–water partition coefficient (Wildman–Crippen LogP) is 3.51. The second kappa shape index (κ2) is 6.63. The van der Waals surface area contributed by atoms with Gasteiger partial charge in [-0.15, -0.1) is 0 Å². The number of hydrogen-bond acceptors (Lipinski definition) is 2. The molecule has 0 aliphatic carbocycles. The van der Waals surface area contributed by atoms with Gasteiger partial charge in [0.25, 0.3) is 5.91 Å². The fourth-order valence-corrected chi connectivity index (χ4v) is 2.77. The molecule has 1 amide bonds. The normalized spacial score (nSPS) is 11.1. The summed E-state index contributed by atoms with van der Waals surface area (Å²) in [4.78, 5) is 11.7. The summed E-state index contributed by atoms with van der Waals surface area (Å²) in [5.41, 5.74) is 4.00. The standard InChI is InChI=1S/C17H16BrN3O/c1-11-7-13(8-14(10-19)17(22)20-3)12(2)21(11)16-6-4-5-15(18)9-16/h4-9H,1-3H3,(H,20,22)/b14-8+. The molecule has 0 aliphatic rings. The lowest BCUT2D eigenvalue weighted by Crippen LogP contribution is -2.19. The molecule has 112 valence electrons. The van der Waals surface area contributed by atoms with Crippen LogP contribution in [0.5, 0.6) is 0 Å². The van der Waals surface area contributed by atoms with E-state index in [9.17, 15) is 4.79 Å². The van der Waals surface area contributed by atoms with Crippen molar-refractivity contribution in [3.8, 4) is 11.8 Å². The lowest BCUT2D eigenvalue weighted by atomic mass is 10.1. The van der Waals surface area contributed by atoms with Crippen molar-refractivity contribution in [3.05, 3.63) is 57.3 Å². The molecule has 0 spiro atoms. The van der Waals surface area contributed by atoms with Gasteiger partial charge in [0.15, 0.2) is 0 Å². The molecule has 0 saturated heterocycles. The topological polar surface area (TPSA) is 57.8 Å². The van der Waals surface area contributed by atoms with E-state index in [2.05, 4.69) is 25.8 Å². The van der Waals surface area contributed by atoms with Gasteiger partial charge in [0.1, 0.15) is 11.6 Å². The number of carbonyl (C=O) groups is 1. The van der Waals surface area contributed by atoms with Gasteiger partial charge in [-0.05, 0) is 49.8 Å². The molecule has 2 rings (SSSR count). The van der Waals surface area contributed by atoms with Gasteiger partial charge in [0.05, 0.1) is 0 Å². The summed E-state index contributed by atoms with van der Waals surface area (Å²) < 4.78 is 3.09. The summed E-state index contributed by atoms with van der Waals surface area (Å²) in [7, 11) is 1.51. The number of nitriles is 1. The maximum absolute atomic E-state index is 11.7. The Balaban J connectivity index is 2.55. The Bertz CT molecular complexity index is 797. The molecule has 2 aromatic rings. The maximum atomic E-state index is 11.7. The molecule has 22 heavy (non-hydrogen) atoms. The minimum atomic E-state index is -0.380. The fourth-order valence-electron chi connectivity index (χ4n) is 2.39. The molecule has 0 aliphatic heterocycles. The molecular formula is C17H16BrN3O. The lowest BCUT2D eigenvalue weighted by molar-refractivity contribution is -0.116. The lowest BCUT2D eigenvalue weighted by Gasteiger charge is -2.10. The number of rotatable bonds is 3. The molecule has 0 unspecified atom stereocenters. The third-order valence-corrected chi connectivity index (χ3v) is 3.92. The Morgan fingerprint density at radius 2 is 2.09 bits per heavy atom. The first-order chi connectivity index (χ1) is 10.5.